The second-order valence-electron chi connectivity index (χ2n) is 3.73. The van der Waals surface area contributed by atoms with Gasteiger partial charge in [0.15, 0.2) is 0 Å². The minimum atomic E-state index is -4.37. The first kappa shape index (κ1) is 17.5. The van der Waals surface area contributed by atoms with E-state index in [0.717, 1.165) is 0 Å². The van der Waals surface area contributed by atoms with E-state index < -0.39 is 18.7 Å². The van der Waals surface area contributed by atoms with Crippen LogP contribution in [0.25, 0.3) is 0 Å². The SMILES string of the molecule is CSC(CO)C(C)NC(=O)CCOCC(F)(F)F. The number of amides is 1. The maximum Gasteiger partial charge on any atom is 0.411 e. The molecule has 0 aromatic heterocycles. The van der Waals surface area contributed by atoms with Crippen LogP contribution in [0.2, 0.25) is 0 Å². The number of aliphatic hydroxyl groups excluding tert-OH is 1. The highest BCUT2D eigenvalue weighted by molar-refractivity contribution is 7.99. The minimum absolute atomic E-state index is 0.0762. The van der Waals surface area contributed by atoms with Crippen LogP contribution in [0.3, 0.4) is 0 Å². The lowest BCUT2D eigenvalue weighted by molar-refractivity contribution is -0.174. The highest BCUT2D eigenvalue weighted by atomic mass is 32.2. The Hall–Kier alpha value is -0.470. The van der Waals surface area contributed by atoms with Gasteiger partial charge < -0.3 is 15.2 Å². The fourth-order valence-electron chi connectivity index (χ4n) is 1.21. The molecule has 8 heteroatoms. The molecule has 1 amide bonds. The van der Waals surface area contributed by atoms with E-state index in [1.165, 1.54) is 11.8 Å². The van der Waals surface area contributed by atoms with Crippen molar-refractivity contribution >= 4 is 17.7 Å². The van der Waals surface area contributed by atoms with Gasteiger partial charge >= 0.3 is 6.18 Å². The number of hydrogen-bond donors (Lipinski definition) is 2. The molecule has 0 bridgehead atoms. The van der Waals surface area contributed by atoms with E-state index in [1.54, 1.807) is 13.2 Å². The Bertz CT molecular complexity index is 247. The average Bonchev–Trinajstić information content (AvgIpc) is 2.25. The Kier molecular flexibility index (Phi) is 8.38. The van der Waals surface area contributed by atoms with E-state index in [9.17, 15) is 18.0 Å². The van der Waals surface area contributed by atoms with Crippen molar-refractivity contribution in [3.05, 3.63) is 0 Å². The summed E-state index contributed by atoms with van der Waals surface area (Å²) < 4.78 is 39.5. The third-order valence-corrected chi connectivity index (χ3v) is 3.33. The number of hydrogen-bond acceptors (Lipinski definition) is 4. The highest BCUT2D eigenvalue weighted by Gasteiger charge is 2.27. The standard InChI is InChI=1S/C10H18F3NO3S/c1-7(8(5-15)18-2)14-9(16)3-4-17-6-10(11,12)13/h7-8,15H,3-6H2,1-2H3,(H,14,16). The number of rotatable bonds is 8. The smallest absolute Gasteiger partial charge is 0.395 e. The summed E-state index contributed by atoms with van der Waals surface area (Å²) in [5.74, 6) is -0.392. The molecule has 0 aromatic rings. The van der Waals surface area contributed by atoms with E-state index in [2.05, 4.69) is 10.1 Å². The van der Waals surface area contributed by atoms with Gasteiger partial charge in [-0.2, -0.15) is 24.9 Å². The fraction of sp³-hybridized carbons (Fsp3) is 0.900. The van der Waals surface area contributed by atoms with E-state index in [4.69, 9.17) is 5.11 Å². The number of nitrogens with one attached hydrogen (secondary N) is 1. The van der Waals surface area contributed by atoms with Crippen molar-refractivity contribution in [3.8, 4) is 0 Å². The molecule has 108 valence electrons. The number of ether oxygens (including phenoxy) is 1. The Morgan fingerprint density at radius 3 is 2.56 bits per heavy atom. The molecule has 2 unspecified atom stereocenters. The number of thioether (sulfide) groups is 1. The van der Waals surface area contributed by atoms with Gasteiger partial charge in [0, 0.05) is 17.7 Å². The third kappa shape index (κ3) is 8.60. The van der Waals surface area contributed by atoms with Crippen molar-refractivity contribution < 1.29 is 27.8 Å². The van der Waals surface area contributed by atoms with Gasteiger partial charge in [-0.25, -0.2) is 0 Å². The predicted octanol–water partition coefficient (Wildman–Crippen LogP) is 1.18. The maximum absolute atomic E-state index is 11.7. The molecule has 0 aromatic carbocycles. The zero-order valence-corrected chi connectivity index (χ0v) is 11.1. The van der Waals surface area contributed by atoms with E-state index >= 15 is 0 Å². The summed E-state index contributed by atoms with van der Waals surface area (Å²) in [6.45, 7) is 0.0279. The molecule has 0 aliphatic carbocycles. The van der Waals surface area contributed by atoms with Crippen LogP contribution in [0.1, 0.15) is 13.3 Å². The Labute approximate surface area is 108 Å². The number of aliphatic hydroxyl groups is 1. The topological polar surface area (TPSA) is 58.6 Å². The number of halogens is 3. The molecular weight excluding hydrogens is 271 g/mol. The molecule has 0 saturated heterocycles. The molecular formula is C10H18F3NO3S. The third-order valence-electron chi connectivity index (χ3n) is 2.17. The van der Waals surface area contributed by atoms with Gasteiger partial charge in [-0.15, -0.1) is 0 Å². The molecule has 4 nitrogen and oxygen atoms in total. The summed E-state index contributed by atoms with van der Waals surface area (Å²) in [4.78, 5) is 11.4. The van der Waals surface area contributed by atoms with Gasteiger partial charge in [-0.3, -0.25) is 4.79 Å². The second kappa shape index (κ2) is 8.60. The lowest BCUT2D eigenvalue weighted by atomic mass is 10.2. The van der Waals surface area contributed by atoms with Gasteiger partial charge in [-0.05, 0) is 13.2 Å². The van der Waals surface area contributed by atoms with Crippen LogP contribution in [-0.4, -0.2) is 54.6 Å². The maximum atomic E-state index is 11.7. The van der Waals surface area contributed by atoms with Crippen molar-refractivity contribution in [2.75, 3.05) is 26.1 Å². The first-order valence-corrected chi connectivity index (χ1v) is 6.66. The highest BCUT2D eigenvalue weighted by Crippen LogP contribution is 2.14. The summed E-state index contributed by atoms with van der Waals surface area (Å²) in [5, 5.41) is 11.5. The van der Waals surface area contributed by atoms with Gasteiger partial charge in [0.25, 0.3) is 0 Å². The van der Waals surface area contributed by atoms with Crippen LogP contribution in [0.15, 0.2) is 0 Å². The molecule has 0 aliphatic rings. The molecule has 18 heavy (non-hydrogen) atoms. The van der Waals surface area contributed by atoms with Crippen LogP contribution in [0.4, 0.5) is 13.2 Å². The summed E-state index contributed by atoms with van der Waals surface area (Å²) >= 11 is 1.41. The van der Waals surface area contributed by atoms with Crippen LogP contribution in [0.5, 0.6) is 0 Å². The molecule has 0 rings (SSSR count). The van der Waals surface area contributed by atoms with E-state index in [0.29, 0.717) is 0 Å². The molecule has 2 atom stereocenters. The molecule has 0 spiro atoms. The second-order valence-corrected chi connectivity index (χ2v) is 4.81. The summed E-state index contributed by atoms with van der Waals surface area (Å²) in [7, 11) is 0. The zero-order chi connectivity index (χ0) is 14.2. The first-order valence-electron chi connectivity index (χ1n) is 5.37. The molecule has 0 fully saturated rings. The lowest BCUT2D eigenvalue weighted by Gasteiger charge is -2.21. The van der Waals surface area contributed by atoms with Crippen molar-refractivity contribution in [2.24, 2.45) is 0 Å². The summed E-state index contributed by atoms with van der Waals surface area (Å²) in [5.41, 5.74) is 0. The Balaban J connectivity index is 3.77. The van der Waals surface area contributed by atoms with Crippen LogP contribution in [0, 0.1) is 0 Å². The van der Waals surface area contributed by atoms with Gasteiger partial charge in [-0.1, -0.05) is 0 Å². The van der Waals surface area contributed by atoms with Crippen molar-refractivity contribution in [2.45, 2.75) is 30.8 Å². The lowest BCUT2D eigenvalue weighted by Crippen LogP contribution is -2.41. The van der Waals surface area contributed by atoms with Crippen LogP contribution < -0.4 is 5.32 Å². The normalized spacial score (nSPS) is 15.2. The largest absolute Gasteiger partial charge is 0.411 e. The van der Waals surface area contributed by atoms with Crippen LogP contribution in [-0.2, 0) is 9.53 Å². The number of carbonyl (C=O) groups excluding carboxylic acids is 1. The molecule has 0 radical (unpaired) electrons. The number of alkyl halides is 3. The predicted molar refractivity (Wildman–Crippen MR) is 63.5 cm³/mol. The monoisotopic (exact) mass is 289 g/mol. The van der Waals surface area contributed by atoms with Gasteiger partial charge in [0.1, 0.15) is 6.61 Å². The minimum Gasteiger partial charge on any atom is -0.395 e. The van der Waals surface area contributed by atoms with Gasteiger partial charge in [0.05, 0.1) is 13.2 Å². The summed E-state index contributed by atoms with van der Waals surface area (Å²) in [6, 6.07) is -0.250. The summed E-state index contributed by atoms with van der Waals surface area (Å²) in [6.07, 6.45) is -2.70. The molecule has 2 N–H and O–H groups in total. The number of carbonyl (C=O) groups is 1. The quantitative estimate of drug-likeness (QED) is 0.659. The van der Waals surface area contributed by atoms with Crippen LogP contribution >= 0.6 is 11.8 Å². The van der Waals surface area contributed by atoms with Crippen molar-refractivity contribution in [1.82, 2.24) is 5.32 Å². The molecule has 0 aliphatic heterocycles. The van der Waals surface area contributed by atoms with E-state index in [-0.39, 0.29) is 30.9 Å². The Morgan fingerprint density at radius 1 is 1.50 bits per heavy atom. The zero-order valence-electron chi connectivity index (χ0n) is 10.3. The fourth-order valence-corrected chi connectivity index (χ4v) is 1.83. The van der Waals surface area contributed by atoms with Crippen molar-refractivity contribution in [1.29, 1.82) is 0 Å². The molecule has 0 saturated carbocycles. The van der Waals surface area contributed by atoms with E-state index in [1.807, 2.05) is 0 Å². The Morgan fingerprint density at radius 2 is 2.11 bits per heavy atom. The molecule has 0 heterocycles. The van der Waals surface area contributed by atoms with Crippen molar-refractivity contribution in [3.63, 3.8) is 0 Å². The first-order chi connectivity index (χ1) is 8.30. The average molecular weight is 289 g/mol. The van der Waals surface area contributed by atoms with Gasteiger partial charge in [0.2, 0.25) is 5.91 Å².